The molecule has 12 heavy (non-hydrogen) atoms. The number of fused-ring (bicyclic) bond motifs is 1. The topological polar surface area (TPSA) is 0 Å². The first-order valence-electron chi connectivity index (χ1n) is 5.50. The smallest absolute Gasteiger partial charge is 0.0336 e. The van der Waals surface area contributed by atoms with Gasteiger partial charge in [-0.2, -0.15) is 0 Å². The van der Waals surface area contributed by atoms with E-state index in [1.54, 1.807) is 0 Å². The van der Waals surface area contributed by atoms with E-state index in [0.29, 0.717) is 5.38 Å². The molecule has 3 unspecified atom stereocenters. The maximum atomic E-state index is 6.18. The maximum absolute atomic E-state index is 6.18. The van der Waals surface area contributed by atoms with Crippen molar-refractivity contribution in [3.05, 3.63) is 0 Å². The van der Waals surface area contributed by atoms with Gasteiger partial charge in [-0.15, -0.1) is 11.6 Å². The van der Waals surface area contributed by atoms with E-state index in [1.807, 2.05) is 0 Å². The zero-order valence-corrected chi connectivity index (χ0v) is 8.52. The molecule has 2 aliphatic rings. The Labute approximate surface area is 80.7 Å². The first kappa shape index (κ1) is 8.87. The summed E-state index contributed by atoms with van der Waals surface area (Å²) in [4.78, 5) is 0. The van der Waals surface area contributed by atoms with E-state index < -0.39 is 0 Å². The molecule has 3 atom stereocenters. The molecule has 1 heteroatoms. The first-order valence-corrected chi connectivity index (χ1v) is 5.94. The van der Waals surface area contributed by atoms with Gasteiger partial charge >= 0.3 is 0 Å². The third-order valence-electron chi connectivity index (χ3n) is 3.50. The molecule has 2 fully saturated rings. The van der Waals surface area contributed by atoms with Crippen LogP contribution in [0.1, 0.15) is 51.4 Å². The van der Waals surface area contributed by atoms with Gasteiger partial charge in [0.1, 0.15) is 0 Å². The lowest BCUT2D eigenvalue weighted by Gasteiger charge is -2.11. The van der Waals surface area contributed by atoms with E-state index in [9.17, 15) is 0 Å². The lowest BCUT2D eigenvalue weighted by atomic mass is 10.0. The molecule has 0 aromatic heterocycles. The van der Waals surface area contributed by atoms with Gasteiger partial charge in [-0.1, -0.05) is 32.1 Å². The zero-order chi connectivity index (χ0) is 8.39. The standard InChI is InChI=1S/C11H19Cl/c12-11-6-2-1-4-9-8-10(9)5-3-7-11/h9-11H,1-8H2. The fourth-order valence-electron chi connectivity index (χ4n) is 2.54. The van der Waals surface area contributed by atoms with Gasteiger partial charge in [-0.05, 0) is 31.1 Å². The van der Waals surface area contributed by atoms with Gasteiger partial charge in [0, 0.05) is 5.38 Å². The fraction of sp³-hybridized carbons (Fsp3) is 1.00. The lowest BCUT2D eigenvalue weighted by molar-refractivity contribution is 0.492. The Bertz CT molecular complexity index is 140. The van der Waals surface area contributed by atoms with Crippen molar-refractivity contribution in [3.63, 3.8) is 0 Å². The summed E-state index contributed by atoms with van der Waals surface area (Å²) in [5, 5.41) is 0.486. The SMILES string of the molecule is ClC1CCCCC2CC2CCC1. The molecule has 2 saturated carbocycles. The Hall–Kier alpha value is 0.290. The highest BCUT2D eigenvalue weighted by Gasteiger charge is 2.35. The number of hydrogen-bond donors (Lipinski definition) is 0. The number of hydrogen-bond acceptors (Lipinski definition) is 0. The van der Waals surface area contributed by atoms with Crippen LogP contribution < -0.4 is 0 Å². The van der Waals surface area contributed by atoms with Gasteiger partial charge in [0.2, 0.25) is 0 Å². The van der Waals surface area contributed by atoms with Crippen LogP contribution in [0.2, 0.25) is 0 Å². The molecule has 0 heterocycles. The van der Waals surface area contributed by atoms with E-state index in [-0.39, 0.29) is 0 Å². The summed E-state index contributed by atoms with van der Waals surface area (Å²) in [7, 11) is 0. The summed E-state index contributed by atoms with van der Waals surface area (Å²) < 4.78 is 0. The van der Waals surface area contributed by atoms with Crippen molar-refractivity contribution in [1.82, 2.24) is 0 Å². The number of alkyl halides is 1. The molecule has 0 bridgehead atoms. The minimum absolute atomic E-state index is 0.486. The van der Waals surface area contributed by atoms with E-state index >= 15 is 0 Å². The quantitative estimate of drug-likeness (QED) is 0.503. The minimum Gasteiger partial charge on any atom is -0.123 e. The number of rotatable bonds is 0. The van der Waals surface area contributed by atoms with Gasteiger partial charge in [0.05, 0.1) is 0 Å². The van der Waals surface area contributed by atoms with E-state index in [4.69, 9.17) is 11.6 Å². The second-order valence-electron chi connectivity index (χ2n) is 4.57. The van der Waals surface area contributed by atoms with Crippen molar-refractivity contribution < 1.29 is 0 Å². The van der Waals surface area contributed by atoms with Gasteiger partial charge < -0.3 is 0 Å². The van der Waals surface area contributed by atoms with Crippen LogP contribution in [0.3, 0.4) is 0 Å². The van der Waals surface area contributed by atoms with Crippen molar-refractivity contribution >= 4 is 11.6 Å². The summed E-state index contributed by atoms with van der Waals surface area (Å²) in [5.74, 6) is 2.23. The normalized spacial score (nSPS) is 43.2. The van der Waals surface area contributed by atoms with Crippen molar-refractivity contribution in [3.8, 4) is 0 Å². The van der Waals surface area contributed by atoms with Gasteiger partial charge in [-0.3, -0.25) is 0 Å². The van der Waals surface area contributed by atoms with Crippen LogP contribution in [0.5, 0.6) is 0 Å². The Morgan fingerprint density at radius 3 is 2.17 bits per heavy atom. The van der Waals surface area contributed by atoms with E-state index in [0.717, 1.165) is 11.8 Å². The highest BCUT2D eigenvalue weighted by molar-refractivity contribution is 6.20. The summed E-state index contributed by atoms with van der Waals surface area (Å²) in [5.41, 5.74) is 0. The highest BCUT2D eigenvalue weighted by Crippen LogP contribution is 2.46. The van der Waals surface area contributed by atoms with Crippen LogP contribution in [-0.2, 0) is 0 Å². The summed E-state index contributed by atoms with van der Waals surface area (Å²) in [6.45, 7) is 0. The molecule has 0 aromatic rings. The average molecular weight is 187 g/mol. The van der Waals surface area contributed by atoms with E-state index in [2.05, 4.69) is 0 Å². The Balaban J connectivity index is 1.75. The van der Waals surface area contributed by atoms with Crippen molar-refractivity contribution in [2.75, 3.05) is 0 Å². The molecule has 0 aromatic carbocycles. The third-order valence-corrected chi connectivity index (χ3v) is 3.94. The Kier molecular flexibility index (Phi) is 2.96. The van der Waals surface area contributed by atoms with E-state index in [1.165, 1.54) is 51.4 Å². The van der Waals surface area contributed by atoms with Crippen LogP contribution in [0, 0.1) is 11.8 Å². The molecule has 0 aliphatic heterocycles. The molecule has 0 spiro atoms. The highest BCUT2D eigenvalue weighted by atomic mass is 35.5. The molecule has 70 valence electrons. The first-order chi connectivity index (χ1) is 5.86. The monoisotopic (exact) mass is 186 g/mol. The van der Waals surface area contributed by atoms with Gasteiger partial charge in [0.25, 0.3) is 0 Å². The molecule has 0 nitrogen and oxygen atoms in total. The van der Waals surface area contributed by atoms with Crippen LogP contribution >= 0.6 is 11.6 Å². The van der Waals surface area contributed by atoms with Gasteiger partial charge in [0.15, 0.2) is 0 Å². The largest absolute Gasteiger partial charge is 0.123 e. The summed E-state index contributed by atoms with van der Waals surface area (Å²) in [6.07, 6.45) is 11.2. The second kappa shape index (κ2) is 4.00. The lowest BCUT2D eigenvalue weighted by Crippen LogP contribution is -2.00. The van der Waals surface area contributed by atoms with Gasteiger partial charge in [-0.25, -0.2) is 0 Å². The molecule has 2 rings (SSSR count). The van der Waals surface area contributed by atoms with Crippen molar-refractivity contribution in [2.24, 2.45) is 11.8 Å². The maximum Gasteiger partial charge on any atom is 0.0336 e. The average Bonchev–Trinajstić information content (AvgIpc) is 2.78. The van der Waals surface area contributed by atoms with Crippen LogP contribution in [0.25, 0.3) is 0 Å². The molecule has 0 amide bonds. The third kappa shape index (κ3) is 2.39. The number of halogens is 1. The van der Waals surface area contributed by atoms with Crippen molar-refractivity contribution in [1.29, 1.82) is 0 Å². The van der Waals surface area contributed by atoms with Crippen molar-refractivity contribution in [2.45, 2.75) is 56.7 Å². The fourth-order valence-corrected chi connectivity index (χ4v) is 2.84. The molecule has 2 aliphatic carbocycles. The molecule has 0 saturated heterocycles. The zero-order valence-electron chi connectivity index (χ0n) is 7.77. The van der Waals surface area contributed by atoms with Crippen LogP contribution in [0.15, 0.2) is 0 Å². The molecule has 0 radical (unpaired) electrons. The van der Waals surface area contributed by atoms with Crippen LogP contribution in [-0.4, -0.2) is 5.38 Å². The predicted molar refractivity (Wildman–Crippen MR) is 53.6 cm³/mol. The molecule has 0 N–H and O–H groups in total. The van der Waals surface area contributed by atoms with Crippen LogP contribution in [0.4, 0.5) is 0 Å². The molecular formula is C11H19Cl. The Morgan fingerprint density at radius 1 is 0.750 bits per heavy atom. The second-order valence-corrected chi connectivity index (χ2v) is 5.19. The Morgan fingerprint density at radius 2 is 1.33 bits per heavy atom. The summed E-state index contributed by atoms with van der Waals surface area (Å²) >= 11 is 6.18. The summed E-state index contributed by atoms with van der Waals surface area (Å²) in [6, 6.07) is 0. The minimum atomic E-state index is 0.486. The predicted octanol–water partition coefficient (Wildman–Crippen LogP) is 3.97. The molecular weight excluding hydrogens is 168 g/mol.